The molecule has 1 aliphatic rings. The Balaban J connectivity index is 2.31. The first kappa shape index (κ1) is 11.8. The fourth-order valence-corrected chi connectivity index (χ4v) is 1.75. The summed E-state index contributed by atoms with van der Waals surface area (Å²) in [5.74, 6) is -1.86. The van der Waals surface area contributed by atoms with E-state index in [9.17, 15) is 9.59 Å². The Bertz CT molecular complexity index is 491. The van der Waals surface area contributed by atoms with Crippen LogP contribution in [0.5, 0.6) is 5.75 Å². The monoisotopic (exact) mass is 300 g/mol. The van der Waals surface area contributed by atoms with Crippen molar-refractivity contribution >= 4 is 33.6 Å². The largest absolute Gasteiger partial charge is 0.481 e. The molecule has 1 aromatic rings. The van der Waals surface area contributed by atoms with Gasteiger partial charge in [-0.05, 0) is 28.9 Å². The van der Waals surface area contributed by atoms with Gasteiger partial charge in [0.2, 0.25) is 0 Å². The Morgan fingerprint density at radius 3 is 3.06 bits per heavy atom. The lowest BCUT2D eigenvalue weighted by atomic mass is 10.0. The highest BCUT2D eigenvalue weighted by molar-refractivity contribution is 9.10. The van der Waals surface area contributed by atoms with Crippen molar-refractivity contribution in [3.05, 3.63) is 16.7 Å². The van der Waals surface area contributed by atoms with E-state index in [0.29, 0.717) is 16.0 Å². The molecule has 0 spiro atoms. The van der Waals surface area contributed by atoms with E-state index in [1.165, 1.54) is 13.1 Å². The number of amides is 1. The number of anilines is 1. The maximum atomic E-state index is 11.6. The quantitative estimate of drug-likeness (QED) is 0.858. The molecule has 2 unspecified atom stereocenters. The van der Waals surface area contributed by atoms with Crippen LogP contribution in [0.3, 0.4) is 0 Å². The first-order chi connectivity index (χ1) is 7.99. The summed E-state index contributed by atoms with van der Waals surface area (Å²) >= 11 is 3.22. The van der Waals surface area contributed by atoms with E-state index in [1.807, 2.05) is 0 Å². The number of aliphatic carboxylic acids is 1. The van der Waals surface area contributed by atoms with E-state index in [0.717, 1.165) is 0 Å². The number of rotatable bonds is 2. The second-order valence-electron chi connectivity index (χ2n) is 3.65. The fraction of sp³-hybridized carbons (Fsp3) is 0.300. The van der Waals surface area contributed by atoms with Crippen LogP contribution in [0.4, 0.5) is 5.82 Å². The minimum Gasteiger partial charge on any atom is -0.481 e. The molecule has 0 aliphatic carbocycles. The molecule has 1 amide bonds. The van der Waals surface area contributed by atoms with Crippen LogP contribution in [-0.4, -0.2) is 28.1 Å². The number of carbonyl (C=O) groups excluding carboxylic acids is 1. The van der Waals surface area contributed by atoms with E-state index in [1.54, 1.807) is 6.07 Å². The van der Waals surface area contributed by atoms with E-state index < -0.39 is 23.9 Å². The lowest BCUT2D eigenvalue weighted by Gasteiger charge is -2.27. The van der Waals surface area contributed by atoms with Gasteiger partial charge in [0.05, 0.1) is 5.92 Å². The number of carboxylic acids is 1. The van der Waals surface area contributed by atoms with Crippen LogP contribution in [0, 0.1) is 5.92 Å². The van der Waals surface area contributed by atoms with Crippen molar-refractivity contribution in [2.75, 3.05) is 5.32 Å². The third kappa shape index (κ3) is 2.23. The standard InChI is InChI=1S/C10H9BrN2O4/c1-4(10(15)16)7-9(14)13-8-6(17-7)2-5(11)3-12-8/h2-4,7H,1H3,(H,15,16)(H,12,13,14). The normalized spacial score (nSPS) is 19.9. The average Bonchev–Trinajstić information content (AvgIpc) is 2.27. The van der Waals surface area contributed by atoms with E-state index >= 15 is 0 Å². The van der Waals surface area contributed by atoms with E-state index in [2.05, 4.69) is 26.2 Å². The highest BCUT2D eigenvalue weighted by Crippen LogP contribution is 2.31. The maximum Gasteiger partial charge on any atom is 0.310 e. The first-order valence-electron chi connectivity index (χ1n) is 4.85. The van der Waals surface area contributed by atoms with Crippen LogP contribution in [-0.2, 0) is 9.59 Å². The number of carboxylic acid groups (broad SMARTS) is 1. The van der Waals surface area contributed by atoms with Crippen molar-refractivity contribution in [3.8, 4) is 5.75 Å². The van der Waals surface area contributed by atoms with Crippen LogP contribution in [0.1, 0.15) is 6.92 Å². The van der Waals surface area contributed by atoms with Gasteiger partial charge < -0.3 is 15.2 Å². The predicted octanol–water partition coefficient (Wildman–Crippen LogP) is 1.26. The van der Waals surface area contributed by atoms with Crippen molar-refractivity contribution in [2.45, 2.75) is 13.0 Å². The van der Waals surface area contributed by atoms with Gasteiger partial charge in [-0.1, -0.05) is 0 Å². The zero-order valence-corrected chi connectivity index (χ0v) is 10.4. The Morgan fingerprint density at radius 1 is 1.71 bits per heavy atom. The molecule has 7 heteroatoms. The first-order valence-corrected chi connectivity index (χ1v) is 5.64. The summed E-state index contributed by atoms with van der Waals surface area (Å²) in [6, 6.07) is 1.63. The molecule has 2 heterocycles. The van der Waals surface area contributed by atoms with Crippen molar-refractivity contribution in [2.24, 2.45) is 5.92 Å². The lowest BCUT2D eigenvalue weighted by Crippen LogP contribution is -2.44. The van der Waals surface area contributed by atoms with Gasteiger partial charge in [0, 0.05) is 10.7 Å². The fourth-order valence-electron chi connectivity index (χ4n) is 1.44. The smallest absolute Gasteiger partial charge is 0.310 e. The van der Waals surface area contributed by atoms with Gasteiger partial charge in [-0.25, -0.2) is 4.98 Å². The van der Waals surface area contributed by atoms with E-state index in [-0.39, 0.29) is 0 Å². The molecule has 1 aromatic heterocycles. The van der Waals surface area contributed by atoms with Crippen molar-refractivity contribution < 1.29 is 19.4 Å². The third-order valence-electron chi connectivity index (χ3n) is 2.42. The molecule has 0 saturated carbocycles. The lowest BCUT2D eigenvalue weighted by molar-refractivity contribution is -0.147. The van der Waals surface area contributed by atoms with Gasteiger partial charge in [-0.3, -0.25) is 9.59 Å². The number of nitrogens with one attached hydrogen (secondary N) is 1. The molecule has 2 N–H and O–H groups in total. The summed E-state index contributed by atoms with van der Waals surface area (Å²) in [6.45, 7) is 1.42. The summed E-state index contributed by atoms with van der Waals surface area (Å²) in [4.78, 5) is 26.4. The van der Waals surface area contributed by atoms with Crippen LogP contribution in [0.15, 0.2) is 16.7 Å². The van der Waals surface area contributed by atoms with Crippen molar-refractivity contribution in [3.63, 3.8) is 0 Å². The number of hydrogen-bond acceptors (Lipinski definition) is 4. The molecule has 1 aliphatic heterocycles. The van der Waals surface area contributed by atoms with Gasteiger partial charge in [-0.2, -0.15) is 0 Å². The number of carbonyl (C=O) groups is 2. The van der Waals surface area contributed by atoms with Gasteiger partial charge in [-0.15, -0.1) is 0 Å². The van der Waals surface area contributed by atoms with Gasteiger partial charge in [0.25, 0.3) is 5.91 Å². The summed E-state index contributed by atoms with van der Waals surface area (Å²) in [5, 5.41) is 11.4. The minimum absolute atomic E-state index is 0.298. The van der Waals surface area contributed by atoms with Crippen LogP contribution in [0.25, 0.3) is 0 Å². The predicted molar refractivity (Wildman–Crippen MR) is 61.8 cm³/mol. The van der Waals surface area contributed by atoms with Gasteiger partial charge >= 0.3 is 5.97 Å². The van der Waals surface area contributed by atoms with Crippen LogP contribution < -0.4 is 10.1 Å². The summed E-state index contributed by atoms with van der Waals surface area (Å²) in [5.41, 5.74) is 0. The van der Waals surface area contributed by atoms with Crippen LogP contribution in [0.2, 0.25) is 0 Å². The zero-order chi connectivity index (χ0) is 12.6. The molecule has 0 bridgehead atoms. The third-order valence-corrected chi connectivity index (χ3v) is 2.85. The van der Waals surface area contributed by atoms with Crippen molar-refractivity contribution in [1.29, 1.82) is 0 Å². The summed E-state index contributed by atoms with van der Waals surface area (Å²) in [6.07, 6.45) is 0.472. The second kappa shape index (κ2) is 4.33. The Hall–Kier alpha value is -1.63. The molecule has 2 rings (SSSR count). The highest BCUT2D eigenvalue weighted by atomic mass is 79.9. The molecular weight excluding hydrogens is 292 g/mol. The summed E-state index contributed by atoms with van der Waals surface area (Å²) < 4.78 is 6.05. The maximum absolute atomic E-state index is 11.6. The molecule has 0 radical (unpaired) electrons. The molecule has 0 aromatic carbocycles. The topological polar surface area (TPSA) is 88.5 Å². The number of ether oxygens (including phenoxy) is 1. The van der Waals surface area contributed by atoms with Gasteiger partial charge in [0.1, 0.15) is 0 Å². The molecule has 6 nitrogen and oxygen atoms in total. The summed E-state index contributed by atoms with van der Waals surface area (Å²) in [7, 11) is 0. The molecule has 17 heavy (non-hydrogen) atoms. The highest BCUT2D eigenvalue weighted by Gasteiger charge is 2.36. The molecule has 90 valence electrons. The molecule has 0 saturated heterocycles. The molecular formula is C10H9BrN2O4. The van der Waals surface area contributed by atoms with Gasteiger partial charge in [0.15, 0.2) is 17.7 Å². The van der Waals surface area contributed by atoms with Crippen LogP contribution >= 0.6 is 15.9 Å². The minimum atomic E-state index is -1.09. The molecule has 2 atom stereocenters. The second-order valence-corrected chi connectivity index (χ2v) is 4.57. The Labute approximate surface area is 105 Å². The number of fused-ring (bicyclic) bond motifs is 1. The van der Waals surface area contributed by atoms with E-state index in [4.69, 9.17) is 9.84 Å². The zero-order valence-electron chi connectivity index (χ0n) is 8.81. The molecule has 0 fully saturated rings. The number of halogens is 1. The Kier molecular flexibility index (Phi) is 3.01. The number of aromatic nitrogens is 1. The SMILES string of the molecule is CC(C(=O)O)C1Oc2cc(Br)cnc2NC1=O. The number of nitrogens with zero attached hydrogens (tertiary/aromatic N) is 1. The average molecular weight is 301 g/mol. The number of hydrogen-bond donors (Lipinski definition) is 2. The Morgan fingerprint density at radius 2 is 2.41 bits per heavy atom. The number of pyridine rings is 1. The van der Waals surface area contributed by atoms with Crippen molar-refractivity contribution in [1.82, 2.24) is 4.98 Å².